The first-order chi connectivity index (χ1) is 15.8. The van der Waals surface area contributed by atoms with Gasteiger partial charge in [-0.2, -0.15) is 0 Å². The predicted molar refractivity (Wildman–Crippen MR) is 137 cm³/mol. The normalized spacial score (nSPS) is 12.3. The zero-order valence-electron chi connectivity index (χ0n) is 19.7. The topological polar surface area (TPSA) is 64.0 Å². The Morgan fingerprint density at radius 2 is 1.76 bits per heavy atom. The number of nitrogens with one attached hydrogen (secondary N) is 1. The summed E-state index contributed by atoms with van der Waals surface area (Å²) in [5.41, 5.74) is 5.69. The number of nitrogens with zero attached hydrogens (tertiary/aromatic N) is 2. The fourth-order valence-corrected chi connectivity index (χ4v) is 5.06. The van der Waals surface area contributed by atoms with Gasteiger partial charge in [0, 0.05) is 16.6 Å². The predicted octanol–water partition coefficient (Wildman–Crippen LogP) is 6.46. The number of rotatable bonds is 6. The standard InChI is InChI=1S/C27H29N3O2S/c1-6-22(25(31)29-24-17(4)8-7-9-18(24)5)30-15-28-26-23(27(30)32)21(14-33-26)20-12-10-19(11-13-20)16(2)3/h7-16,22H,6H2,1-5H3,(H,29,31). The molecule has 33 heavy (non-hydrogen) atoms. The van der Waals surface area contributed by atoms with E-state index in [1.54, 1.807) is 0 Å². The number of hydrogen-bond acceptors (Lipinski definition) is 4. The monoisotopic (exact) mass is 459 g/mol. The lowest BCUT2D eigenvalue weighted by Gasteiger charge is -2.19. The van der Waals surface area contributed by atoms with Gasteiger partial charge in [-0.15, -0.1) is 11.3 Å². The van der Waals surface area contributed by atoms with Crippen LogP contribution in [0.3, 0.4) is 0 Å². The number of para-hydroxylation sites is 1. The molecule has 2 heterocycles. The third-order valence-corrected chi connectivity index (χ3v) is 7.05. The molecule has 1 unspecified atom stereocenters. The Morgan fingerprint density at radius 1 is 1.09 bits per heavy atom. The van der Waals surface area contributed by atoms with Crippen LogP contribution in [0.2, 0.25) is 0 Å². The second-order valence-electron chi connectivity index (χ2n) is 8.74. The highest BCUT2D eigenvalue weighted by atomic mass is 32.1. The highest BCUT2D eigenvalue weighted by molar-refractivity contribution is 7.17. The number of aryl methyl sites for hydroxylation is 2. The van der Waals surface area contributed by atoms with Gasteiger partial charge in [-0.1, -0.05) is 63.2 Å². The smallest absolute Gasteiger partial charge is 0.263 e. The summed E-state index contributed by atoms with van der Waals surface area (Å²) in [6, 6.07) is 13.6. The van der Waals surface area contributed by atoms with Crippen LogP contribution >= 0.6 is 11.3 Å². The molecular formula is C27H29N3O2S. The lowest BCUT2D eigenvalue weighted by atomic mass is 9.99. The van der Waals surface area contributed by atoms with Crippen molar-refractivity contribution in [2.75, 3.05) is 5.32 Å². The van der Waals surface area contributed by atoms with E-state index in [4.69, 9.17) is 0 Å². The second-order valence-corrected chi connectivity index (χ2v) is 9.60. The number of anilines is 1. The third kappa shape index (κ3) is 4.35. The second kappa shape index (κ2) is 9.32. The first-order valence-electron chi connectivity index (χ1n) is 11.3. The molecule has 1 amide bonds. The molecule has 2 aromatic carbocycles. The van der Waals surface area contributed by atoms with Crippen LogP contribution < -0.4 is 10.9 Å². The van der Waals surface area contributed by atoms with E-state index >= 15 is 0 Å². The molecule has 0 aliphatic carbocycles. The van der Waals surface area contributed by atoms with E-state index in [1.165, 1.54) is 27.8 Å². The number of benzene rings is 2. The average molecular weight is 460 g/mol. The van der Waals surface area contributed by atoms with Crippen LogP contribution in [0.25, 0.3) is 21.3 Å². The Hall–Kier alpha value is -3.25. The van der Waals surface area contributed by atoms with Crippen molar-refractivity contribution < 1.29 is 4.79 Å². The minimum absolute atomic E-state index is 0.187. The van der Waals surface area contributed by atoms with Crippen molar-refractivity contribution in [1.29, 1.82) is 0 Å². The number of carbonyl (C=O) groups is 1. The summed E-state index contributed by atoms with van der Waals surface area (Å²) in [5, 5.41) is 5.58. The van der Waals surface area contributed by atoms with Gasteiger partial charge in [0.2, 0.25) is 5.91 Å². The lowest BCUT2D eigenvalue weighted by Crippen LogP contribution is -2.33. The maximum Gasteiger partial charge on any atom is 0.263 e. The fraction of sp³-hybridized carbons (Fsp3) is 0.296. The zero-order valence-corrected chi connectivity index (χ0v) is 20.5. The molecule has 0 bridgehead atoms. The van der Waals surface area contributed by atoms with Gasteiger partial charge < -0.3 is 5.32 Å². The molecule has 0 saturated heterocycles. The van der Waals surface area contributed by atoms with Crippen molar-refractivity contribution in [3.8, 4) is 11.1 Å². The third-order valence-electron chi connectivity index (χ3n) is 6.16. The van der Waals surface area contributed by atoms with Crippen LogP contribution in [0.4, 0.5) is 5.69 Å². The number of fused-ring (bicyclic) bond motifs is 1. The van der Waals surface area contributed by atoms with Crippen molar-refractivity contribution in [3.63, 3.8) is 0 Å². The summed E-state index contributed by atoms with van der Waals surface area (Å²) in [7, 11) is 0. The zero-order chi connectivity index (χ0) is 23.7. The number of thiophene rings is 1. The van der Waals surface area contributed by atoms with Gasteiger partial charge >= 0.3 is 0 Å². The van der Waals surface area contributed by atoms with Crippen LogP contribution in [0.5, 0.6) is 0 Å². The molecule has 1 atom stereocenters. The van der Waals surface area contributed by atoms with Gasteiger partial charge in [0.15, 0.2) is 0 Å². The van der Waals surface area contributed by atoms with Crippen LogP contribution in [0, 0.1) is 13.8 Å². The summed E-state index contributed by atoms with van der Waals surface area (Å²) in [6.45, 7) is 10.2. The van der Waals surface area contributed by atoms with Crippen molar-refractivity contribution in [2.24, 2.45) is 0 Å². The molecule has 0 radical (unpaired) electrons. The molecule has 0 spiro atoms. The Bertz CT molecular complexity index is 1350. The van der Waals surface area contributed by atoms with Gasteiger partial charge in [0.05, 0.1) is 11.7 Å². The van der Waals surface area contributed by atoms with Gasteiger partial charge in [-0.3, -0.25) is 14.2 Å². The SMILES string of the molecule is CCC(C(=O)Nc1c(C)cccc1C)n1cnc2scc(-c3ccc(C(C)C)cc3)c2c1=O. The minimum Gasteiger partial charge on any atom is -0.324 e. The summed E-state index contributed by atoms with van der Waals surface area (Å²) >= 11 is 1.45. The van der Waals surface area contributed by atoms with Gasteiger partial charge in [-0.25, -0.2) is 4.98 Å². The first kappa shape index (κ1) is 22.9. The highest BCUT2D eigenvalue weighted by Gasteiger charge is 2.23. The van der Waals surface area contributed by atoms with E-state index in [9.17, 15) is 9.59 Å². The molecule has 4 rings (SSSR count). The van der Waals surface area contributed by atoms with Crippen molar-refractivity contribution in [3.05, 3.63) is 81.2 Å². The van der Waals surface area contributed by atoms with E-state index in [0.717, 1.165) is 27.9 Å². The Morgan fingerprint density at radius 3 is 2.36 bits per heavy atom. The van der Waals surface area contributed by atoms with E-state index in [0.29, 0.717) is 22.6 Å². The van der Waals surface area contributed by atoms with E-state index in [2.05, 4.69) is 48.4 Å². The fourth-order valence-electron chi connectivity index (χ4n) is 4.15. The van der Waals surface area contributed by atoms with Crippen molar-refractivity contribution in [2.45, 2.75) is 53.0 Å². The molecule has 0 fully saturated rings. The highest BCUT2D eigenvalue weighted by Crippen LogP contribution is 2.32. The molecule has 6 heteroatoms. The van der Waals surface area contributed by atoms with Crippen LogP contribution in [0.15, 0.2) is 59.0 Å². The molecule has 0 aliphatic rings. The number of hydrogen-bond donors (Lipinski definition) is 1. The lowest BCUT2D eigenvalue weighted by molar-refractivity contribution is -0.119. The summed E-state index contributed by atoms with van der Waals surface area (Å²) in [4.78, 5) is 32.0. The average Bonchev–Trinajstić information content (AvgIpc) is 3.23. The summed E-state index contributed by atoms with van der Waals surface area (Å²) < 4.78 is 1.48. The van der Waals surface area contributed by atoms with Crippen LogP contribution in [-0.4, -0.2) is 15.5 Å². The molecule has 0 saturated carbocycles. The quantitative estimate of drug-likeness (QED) is 0.360. The van der Waals surface area contributed by atoms with Crippen LogP contribution in [0.1, 0.15) is 55.8 Å². The van der Waals surface area contributed by atoms with E-state index in [-0.39, 0.29) is 11.5 Å². The Kier molecular flexibility index (Phi) is 6.47. The maximum absolute atomic E-state index is 13.6. The van der Waals surface area contributed by atoms with Crippen molar-refractivity contribution in [1.82, 2.24) is 9.55 Å². The molecule has 4 aromatic rings. The Labute approximate surface area is 198 Å². The van der Waals surface area contributed by atoms with E-state index < -0.39 is 6.04 Å². The molecular weight excluding hydrogens is 430 g/mol. The number of carbonyl (C=O) groups excluding carboxylic acids is 1. The van der Waals surface area contributed by atoms with Crippen molar-refractivity contribution >= 4 is 33.1 Å². The molecule has 5 nitrogen and oxygen atoms in total. The maximum atomic E-state index is 13.6. The molecule has 1 N–H and O–H groups in total. The largest absolute Gasteiger partial charge is 0.324 e. The van der Waals surface area contributed by atoms with Gasteiger partial charge in [0.1, 0.15) is 10.9 Å². The number of aromatic nitrogens is 2. The van der Waals surface area contributed by atoms with Gasteiger partial charge in [-0.05, 0) is 48.4 Å². The first-order valence-corrected chi connectivity index (χ1v) is 12.2. The summed E-state index contributed by atoms with van der Waals surface area (Å²) in [5.74, 6) is 0.231. The van der Waals surface area contributed by atoms with Gasteiger partial charge in [0.25, 0.3) is 5.56 Å². The number of amides is 1. The molecule has 2 aromatic heterocycles. The summed E-state index contributed by atoms with van der Waals surface area (Å²) in [6.07, 6.45) is 1.98. The minimum atomic E-state index is -0.649. The Balaban J connectivity index is 1.74. The molecule has 0 aliphatic heterocycles. The van der Waals surface area contributed by atoms with E-state index in [1.807, 2.05) is 44.4 Å². The van der Waals surface area contributed by atoms with Crippen LogP contribution in [-0.2, 0) is 4.79 Å². The molecule has 170 valence electrons.